The second-order valence-corrected chi connectivity index (χ2v) is 14.5. The van der Waals surface area contributed by atoms with Gasteiger partial charge in [0.05, 0.1) is 35.2 Å². The summed E-state index contributed by atoms with van der Waals surface area (Å²) in [7, 11) is 0. The minimum atomic E-state index is -0.0902. The Morgan fingerprint density at radius 1 is 0.489 bits per heavy atom. The van der Waals surface area contributed by atoms with Crippen LogP contribution in [0.1, 0.15) is 64.1 Å². The van der Waals surface area contributed by atoms with Gasteiger partial charge in [-0.1, -0.05) is 77.9 Å². The van der Waals surface area contributed by atoms with Crippen LogP contribution in [0.25, 0.3) is 66.4 Å². The van der Waals surface area contributed by atoms with Gasteiger partial charge in [0, 0.05) is 55.9 Å². The molecule has 0 spiro atoms. The molecule has 0 aliphatic rings. The fraction of sp³-hybridized carbons (Fsp3) is 0.220. The molecule has 4 aromatic carbocycles. The first-order valence-electron chi connectivity index (χ1n) is 16.1. The van der Waals surface area contributed by atoms with Gasteiger partial charge < -0.3 is 8.83 Å². The molecule has 0 N–H and O–H groups in total. The van der Waals surface area contributed by atoms with E-state index in [9.17, 15) is 0 Å². The molecule has 232 valence electrons. The number of aromatic nitrogens is 4. The zero-order valence-corrected chi connectivity index (χ0v) is 27.6. The summed E-state index contributed by atoms with van der Waals surface area (Å²) in [5.41, 5.74) is 10.8. The summed E-state index contributed by atoms with van der Waals surface area (Å²) in [6.45, 7) is 12.9. The predicted octanol–water partition coefficient (Wildman–Crippen LogP) is 10.6. The van der Waals surface area contributed by atoms with Crippen molar-refractivity contribution >= 4 is 43.9 Å². The molecule has 0 atom stereocenters. The van der Waals surface area contributed by atoms with E-state index in [0.29, 0.717) is 6.42 Å². The van der Waals surface area contributed by atoms with Crippen LogP contribution in [0, 0.1) is 0 Å². The van der Waals surface area contributed by atoms with E-state index in [1.54, 1.807) is 0 Å². The number of para-hydroxylation sites is 2. The maximum atomic E-state index is 6.45. The van der Waals surface area contributed by atoms with Gasteiger partial charge in [0.1, 0.15) is 22.3 Å². The summed E-state index contributed by atoms with van der Waals surface area (Å²) < 4.78 is 12.9. The van der Waals surface area contributed by atoms with Gasteiger partial charge in [-0.25, -0.2) is 0 Å². The number of nitrogens with zero attached hydrogens (tertiary/aromatic N) is 4. The van der Waals surface area contributed by atoms with Crippen molar-refractivity contribution in [1.82, 2.24) is 19.9 Å². The SMILES string of the molecule is CC(C)(C)c1cnc(-c2cc(Cc3cc(-c4cnc(C(C)(C)C)cn4)c4oc5ccccc5c4c3)cc3c2oc2ccccc23)cn1. The van der Waals surface area contributed by atoms with E-state index in [1.165, 1.54) is 0 Å². The van der Waals surface area contributed by atoms with Crippen molar-refractivity contribution in [1.29, 1.82) is 0 Å². The van der Waals surface area contributed by atoms with Gasteiger partial charge in [0.25, 0.3) is 0 Å². The maximum absolute atomic E-state index is 6.45. The molecule has 6 nitrogen and oxygen atoms in total. The lowest BCUT2D eigenvalue weighted by atomic mass is 9.92. The van der Waals surface area contributed by atoms with Gasteiger partial charge in [-0.2, -0.15) is 0 Å². The molecule has 0 aliphatic carbocycles. The van der Waals surface area contributed by atoms with Gasteiger partial charge >= 0.3 is 0 Å². The lowest BCUT2D eigenvalue weighted by Gasteiger charge is -2.17. The van der Waals surface area contributed by atoms with Gasteiger partial charge in [-0.15, -0.1) is 0 Å². The van der Waals surface area contributed by atoms with E-state index in [2.05, 4.69) is 90.1 Å². The number of benzene rings is 4. The fourth-order valence-corrected chi connectivity index (χ4v) is 6.30. The second kappa shape index (κ2) is 10.6. The second-order valence-electron chi connectivity index (χ2n) is 14.5. The molecule has 0 bridgehead atoms. The third-order valence-corrected chi connectivity index (χ3v) is 8.88. The third-order valence-electron chi connectivity index (χ3n) is 8.88. The minimum Gasteiger partial charge on any atom is -0.455 e. The fourth-order valence-electron chi connectivity index (χ4n) is 6.30. The Kier molecular flexibility index (Phi) is 6.55. The van der Waals surface area contributed by atoms with Crippen LogP contribution >= 0.6 is 0 Å². The summed E-state index contributed by atoms with van der Waals surface area (Å²) in [5, 5.41) is 4.29. The highest BCUT2D eigenvalue weighted by Gasteiger charge is 2.21. The molecule has 6 heteroatoms. The number of fused-ring (bicyclic) bond motifs is 6. The number of furan rings is 2. The normalized spacial score (nSPS) is 12.6. The van der Waals surface area contributed by atoms with Gasteiger partial charge in [-0.05, 0) is 53.9 Å². The lowest BCUT2D eigenvalue weighted by molar-refractivity contribution is 0.565. The third kappa shape index (κ3) is 5.14. The van der Waals surface area contributed by atoms with Crippen LogP contribution in [0.2, 0.25) is 0 Å². The molecular weight excluding hydrogens is 580 g/mol. The van der Waals surface area contributed by atoms with Crippen LogP contribution in [-0.4, -0.2) is 19.9 Å². The molecule has 47 heavy (non-hydrogen) atoms. The number of hydrogen-bond acceptors (Lipinski definition) is 6. The van der Waals surface area contributed by atoms with E-state index < -0.39 is 0 Å². The van der Waals surface area contributed by atoms with Gasteiger partial charge in [0.2, 0.25) is 0 Å². The summed E-state index contributed by atoms with van der Waals surface area (Å²) >= 11 is 0. The Balaban J connectivity index is 1.30. The Labute approximate surface area is 273 Å². The standard InChI is InChI=1S/C41H36N4O2/c1-40(2,3)36-22-42-32(20-44-36)30-18-24(16-28-26-11-7-9-13-34(26)46-38(28)30)15-25-17-29-27-12-8-10-14-35(27)47-39(29)31(19-25)33-21-45-37(23-43-33)41(4,5)6/h7-14,16-23H,15H2,1-6H3. The van der Waals surface area contributed by atoms with Crippen molar-refractivity contribution in [2.45, 2.75) is 58.8 Å². The molecule has 0 saturated heterocycles. The molecule has 0 fully saturated rings. The first kappa shape index (κ1) is 29.1. The Morgan fingerprint density at radius 2 is 0.915 bits per heavy atom. The van der Waals surface area contributed by atoms with E-state index in [-0.39, 0.29) is 10.8 Å². The monoisotopic (exact) mass is 616 g/mol. The average molecular weight is 617 g/mol. The molecular formula is C41H36N4O2. The molecule has 0 amide bonds. The first-order valence-corrected chi connectivity index (χ1v) is 16.1. The van der Waals surface area contributed by atoms with Gasteiger partial charge in [0.15, 0.2) is 0 Å². The lowest BCUT2D eigenvalue weighted by Crippen LogP contribution is -2.13. The predicted molar refractivity (Wildman–Crippen MR) is 190 cm³/mol. The number of rotatable bonds is 4. The average Bonchev–Trinajstić information content (AvgIpc) is 3.62. The van der Waals surface area contributed by atoms with E-state index >= 15 is 0 Å². The van der Waals surface area contributed by atoms with Crippen LogP contribution in [0.15, 0.2) is 106 Å². The molecule has 0 radical (unpaired) electrons. The van der Waals surface area contributed by atoms with Crippen LogP contribution in [0.3, 0.4) is 0 Å². The highest BCUT2D eigenvalue weighted by Crippen LogP contribution is 2.39. The molecule has 0 aliphatic heterocycles. The number of hydrogen-bond donors (Lipinski definition) is 0. The van der Waals surface area contributed by atoms with Crippen LogP contribution in [0.5, 0.6) is 0 Å². The summed E-state index contributed by atoms with van der Waals surface area (Å²) in [6.07, 6.45) is 8.19. The topological polar surface area (TPSA) is 77.8 Å². The smallest absolute Gasteiger partial charge is 0.144 e. The Bertz CT molecular complexity index is 2270. The van der Waals surface area contributed by atoms with Crippen molar-refractivity contribution in [3.8, 4) is 22.5 Å². The highest BCUT2D eigenvalue weighted by molar-refractivity contribution is 6.11. The highest BCUT2D eigenvalue weighted by atomic mass is 16.3. The van der Waals surface area contributed by atoms with Crippen molar-refractivity contribution in [2.24, 2.45) is 0 Å². The zero-order valence-electron chi connectivity index (χ0n) is 27.6. The van der Waals surface area contributed by atoms with Crippen LogP contribution < -0.4 is 0 Å². The van der Waals surface area contributed by atoms with Crippen LogP contribution in [-0.2, 0) is 17.3 Å². The van der Waals surface area contributed by atoms with E-state index in [4.69, 9.17) is 28.8 Å². The van der Waals surface area contributed by atoms with Crippen molar-refractivity contribution in [2.75, 3.05) is 0 Å². The molecule has 4 aromatic heterocycles. The van der Waals surface area contributed by atoms with Crippen molar-refractivity contribution in [3.63, 3.8) is 0 Å². The van der Waals surface area contributed by atoms with E-state index in [0.717, 1.165) is 88.9 Å². The summed E-state index contributed by atoms with van der Waals surface area (Å²) in [4.78, 5) is 19.4. The summed E-state index contributed by atoms with van der Waals surface area (Å²) in [5.74, 6) is 0. The molecule has 4 heterocycles. The van der Waals surface area contributed by atoms with Gasteiger partial charge in [-0.3, -0.25) is 19.9 Å². The largest absolute Gasteiger partial charge is 0.455 e. The van der Waals surface area contributed by atoms with Crippen molar-refractivity contribution < 1.29 is 8.83 Å². The molecule has 0 unspecified atom stereocenters. The zero-order chi connectivity index (χ0) is 32.5. The van der Waals surface area contributed by atoms with Crippen LogP contribution in [0.4, 0.5) is 0 Å². The Hall–Kier alpha value is -5.36. The first-order chi connectivity index (χ1) is 22.5. The minimum absolute atomic E-state index is 0.0902. The molecule has 8 rings (SSSR count). The maximum Gasteiger partial charge on any atom is 0.144 e. The van der Waals surface area contributed by atoms with Crippen molar-refractivity contribution in [3.05, 3.63) is 120 Å². The Morgan fingerprint density at radius 3 is 1.30 bits per heavy atom. The molecule has 0 saturated carbocycles. The van der Waals surface area contributed by atoms with E-state index in [1.807, 2.05) is 49.1 Å². The quantitative estimate of drug-likeness (QED) is 0.196. The molecule has 8 aromatic rings. The summed E-state index contributed by atoms with van der Waals surface area (Å²) in [6, 6.07) is 25.3.